The van der Waals surface area contributed by atoms with Crippen LogP contribution in [0.15, 0.2) is 103 Å². The highest BCUT2D eigenvalue weighted by Crippen LogP contribution is 2.49. The van der Waals surface area contributed by atoms with Gasteiger partial charge in [-0.2, -0.15) is 0 Å². The molecule has 0 spiro atoms. The van der Waals surface area contributed by atoms with Crippen molar-refractivity contribution in [2.75, 3.05) is 0 Å². The van der Waals surface area contributed by atoms with E-state index in [-0.39, 0.29) is 17.3 Å². The van der Waals surface area contributed by atoms with Crippen molar-refractivity contribution >= 4 is 28.1 Å². The number of aromatic hydroxyl groups is 2. The molecule has 1 aliphatic carbocycles. The summed E-state index contributed by atoms with van der Waals surface area (Å²) in [6.07, 6.45) is 5.69. The van der Waals surface area contributed by atoms with Gasteiger partial charge in [-0.1, -0.05) is 72.7 Å². The van der Waals surface area contributed by atoms with Gasteiger partial charge in [-0.3, -0.25) is 4.79 Å². The van der Waals surface area contributed by atoms with E-state index in [1.807, 2.05) is 54.6 Å². The second-order valence-corrected chi connectivity index (χ2v) is 8.01. The highest BCUT2D eigenvalue weighted by Gasteiger charge is 2.35. The molecule has 5 rings (SSSR count). The Kier molecular flexibility index (Phi) is 5.33. The van der Waals surface area contributed by atoms with Crippen molar-refractivity contribution in [2.24, 2.45) is 0 Å². The molecule has 0 bridgehead atoms. The normalized spacial score (nSPS) is 13.3. The molecule has 0 unspecified atom stereocenters. The molecule has 2 N–H and O–H groups in total. The molecule has 0 aromatic heterocycles. The summed E-state index contributed by atoms with van der Waals surface area (Å²) in [4.78, 5) is 14.1. The third-order valence-electron chi connectivity index (χ3n) is 5.90. The lowest BCUT2D eigenvalue weighted by molar-refractivity contribution is -0.108. The van der Waals surface area contributed by atoms with E-state index >= 15 is 0 Å². The Morgan fingerprint density at radius 1 is 0.529 bits per heavy atom. The van der Waals surface area contributed by atoms with Crippen LogP contribution >= 0.6 is 0 Å². The maximum Gasteiger partial charge on any atom is 0.195 e. The minimum absolute atomic E-state index is 0.126. The second-order valence-electron chi connectivity index (χ2n) is 8.01. The van der Waals surface area contributed by atoms with Gasteiger partial charge < -0.3 is 10.2 Å². The third-order valence-corrected chi connectivity index (χ3v) is 5.90. The number of phenolic OH excluding ortho intramolecular Hbond substituents is 2. The first kappa shape index (κ1) is 21.1. The molecule has 0 heterocycles. The van der Waals surface area contributed by atoms with Crippen molar-refractivity contribution in [3.63, 3.8) is 0 Å². The van der Waals surface area contributed by atoms with Gasteiger partial charge in [-0.05, 0) is 58.7 Å². The lowest BCUT2D eigenvalue weighted by Gasteiger charge is -2.14. The zero-order valence-electron chi connectivity index (χ0n) is 18.2. The minimum Gasteiger partial charge on any atom is -0.508 e. The quantitative estimate of drug-likeness (QED) is 0.372. The number of rotatable bonds is 4. The van der Waals surface area contributed by atoms with Crippen LogP contribution in [-0.4, -0.2) is 16.0 Å². The van der Waals surface area contributed by atoms with Crippen molar-refractivity contribution in [1.29, 1.82) is 0 Å². The number of allylic oxidation sites excluding steroid dienone is 4. The van der Waals surface area contributed by atoms with Gasteiger partial charge in [-0.25, -0.2) is 0 Å². The Labute approximate surface area is 198 Å². The van der Waals surface area contributed by atoms with E-state index in [1.54, 1.807) is 48.5 Å². The maximum absolute atomic E-state index is 14.1. The van der Waals surface area contributed by atoms with Crippen LogP contribution in [0.5, 0.6) is 11.5 Å². The fraction of sp³-hybridized carbons (Fsp3) is 0. The molecule has 0 saturated heterocycles. The Bertz CT molecular complexity index is 1500. The Morgan fingerprint density at radius 2 is 1.00 bits per heavy atom. The summed E-state index contributed by atoms with van der Waals surface area (Å²) in [5.74, 6) is 2.81. The van der Waals surface area contributed by atoms with Crippen LogP contribution < -0.4 is 0 Å². The minimum atomic E-state index is -0.128. The Morgan fingerprint density at radius 3 is 1.53 bits per heavy atom. The van der Waals surface area contributed by atoms with Crippen LogP contribution in [-0.2, 0) is 4.79 Å². The van der Waals surface area contributed by atoms with Crippen molar-refractivity contribution in [1.82, 2.24) is 0 Å². The summed E-state index contributed by atoms with van der Waals surface area (Å²) in [5.41, 5.74) is 6.52. The van der Waals surface area contributed by atoms with Gasteiger partial charge in [0.15, 0.2) is 5.78 Å². The summed E-state index contributed by atoms with van der Waals surface area (Å²) in [7, 11) is 0. The number of Topliss-reactive ketones (excluding diaryl/α,β-unsaturated/α-hetero) is 1. The molecule has 0 fully saturated rings. The summed E-state index contributed by atoms with van der Waals surface area (Å²) in [6.45, 7) is 0. The average molecular weight is 440 g/mol. The van der Waals surface area contributed by atoms with E-state index < -0.39 is 0 Å². The van der Waals surface area contributed by atoms with Crippen molar-refractivity contribution in [2.45, 2.75) is 0 Å². The summed E-state index contributed by atoms with van der Waals surface area (Å²) < 4.78 is 0. The lowest BCUT2D eigenvalue weighted by atomic mass is 9.88. The van der Waals surface area contributed by atoms with E-state index in [2.05, 4.69) is 5.92 Å². The molecule has 4 aromatic rings. The first-order chi connectivity index (χ1) is 16.6. The van der Waals surface area contributed by atoms with E-state index in [0.29, 0.717) is 27.8 Å². The molecule has 0 amide bonds. The number of phenols is 2. The van der Waals surface area contributed by atoms with Crippen LogP contribution in [0.1, 0.15) is 27.8 Å². The lowest BCUT2D eigenvalue weighted by Crippen LogP contribution is -2.02. The van der Waals surface area contributed by atoms with Gasteiger partial charge in [0.2, 0.25) is 0 Å². The molecule has 0 atom stereocenters. The van der Waals surface area contributed by atoms with Crippen LogP contribution in [0.3, 0.4) is 0 Å². The monoisotopic (exact) mass is 440 g/mol. The van der Waals surface area contributed by atoms with Gasteiger partial charge in [0, 0.05) is 27.9 Å². The number of ketones is 1. The number of benzene rings is 4. The van der Waals surface area contributed by atoms with E-state index in [4.69, 9.17) is 6.42 Å². The predicted octanol–water partition coefficient (Wildman–Crippen LogP) is 6.18. The fourth-order valence-electron chi connectivity index (χ4n) is 4.36. The topological polar surface area (TPSA) is 57.5 Å². The molecule has 0 aliphatic heterocycles. The second kappa shape index (κ2) is 8.61. The van der Waals surface area contributed by atoms with Gasteiger partial charge in [0.05, 0.1) is 0 Å². The predicted molar refractivity (Wildman–Crippen MR) is 136 cm³/mol. The van der Waals surface area contributed by atoms with Crippen LogP contribution in [0, 0.1) is 12.3 Å². The molecular formula is C31H20O3. The highest BCUT2D eigenvalue weighted by molar-refractivity contribution is 6.59. The van der Waals surface area contributed by atoms with Gasteiger partial charge in [0.25, 0.3) is 0 Å². The number of terminal acetylenes is 1. The number of carbonyl (C=O) groups excluding carboxylic acids is 1. The average Bonchev–Trinajstić information content (AvgIpc) is 3.18. The molecule has 162 valence electrons. The molecule has 0 saturated carbocycles. The maximum atomic E-state index is 14.1. The largest absolute Gasteiger partial charge is 0.508 e. The number of hydrogen-bond acceptors (Lipinski definition) is 3. The summed E-state index contributed by atoms with van der Waals surface area (Å²) in [6, 6.07) is 30.7. The van der Waals surface area contributed by atoms with Gasteiger partial charge in [0.1, 0.15) is 11.5 Å². The first-order valence-electron chi connectivity index (χ1n) is 10.8. The van der Waals surface area contributed by atoms with E-state index in [9.17, 15) is 15.0 Å². The molecule has 3 heteroatoms. The molecule has 0 radical (unpaired) electrons. The van der Waals surface area contributed by atoms with E-state index in [1.165, 1.54) is 0 Å². The highest BCUT2D eigenvalue weighted by atomic mass is 16.3. The van der Waals surface area contributed by atoms with Crippen molar-refractivity contribution in [3.05, 3.63) is 131 Å². The molecule has 4 aromatic carbocycles. The van der Waals surface area contributed by atoms with E-state index in [0.717, 1.165) is 22.3 Å². The standard InChI is InChI=1S/C31H20O3/c1-2-20-7-6-10-24(19-20)28-27(21-8-4-3-5-9-21)29(22-11-15-25(32)16-12-22)31(34)30(28)23-13-17-26(33)18-14-23/h1,3-19,32-33H. The SMILES string of the molecule is C#Cc1cccc(C2=C(c3ccc(O)cc3)C(=O)C(c3ccc(O)cc3)=C2c2ccccc2)c1. The Balaban J connectivity index is 1.88. The van der Waals surface area contributed by atoms with Gasteiger partial charge >= 0.3 is 0 Å². The molecular weight excluding hydrogens is 420 g/mol. The molecule has 3 nitrogen and oxygen atoms in total. The van der Waals surface area contributed by atoms with Crippen LogP contribution in [0.2, 0.25) is 0 Å². The smallest absolute Gasteiger partial charge is 0.195 e. The zero-order chi connectivity index (χ0) is 23.7. The first-order valence-corrected chi connectivity index (χ1v) is 10.8. The summed E-state index contributed by atoms with van der Waals surface area (Å²) >= 11 is 0. The number of carbonyl (C=O) groups is 1. The molecule has 1 aliphatic rings. The van der Waals surface area contributed by atoms with Crippen LogP contribution in [0.25, 0.3) is 22.3 Å². The van der Waals surface area contributed by atoms with Gasteiger partial charge in [-0.15, -0.1) is 6.42 Å². The fourth-order valence-corrected chi connectivity index (χ4v) is 4.36. The molecule has 34 heavy (non-hydrogen) atoms. The third kappa shape index (κ3) is 3.68. The summed E-state index contributed by atoms with van der Waals surface area (Å²) in [5, 5.41) is 19.7. The van der Waals surface area contributed by atoms with Crippen molar-refractivity contribution < 1.29 is 15.0 Å². The van der Waals surface area contributed by atoms with Crippen LogP contribution in [0.4, 0.5) is 0 Å². The van der Waals surface area contributed by atoms with Crippen molar-refractivity contribution in [3.8, 4) is 23.8 Å². The zero-order valence-corrected chi connectivity index (χ0v) is 18.2. The Hall–Kier alpha value is -4.81. The number of hydrogen-bond donors (Lipinski definition) is 2.